The predicted octanol–water partition coefficient (Wildman–Crippen LogP) is 2.67. The smallest absolute Gasteiger partial charge is 0.350 e. The van der Waals surface area contributed by atoms with Crippen LogP contribution in [0, 0.1) is 0 Å². The van der Waals surface area contributed by atoms with E-state index in [2.05, 4.69) is 10.2 Å². The van der Waals surface area contributed by atoms with Crippen LogP contribution in [0.15, 0.2) is 24.3 Å². The zero-order chi connectivity index (χ0) is 18.1. The lowest BCUT2D eigenvalue weighted by molar-refractivity contribution is -0.137. The first-order valence-electron chi connectivity index (χ1n) is 8.75. The standard InChI is InChI=1S/C18H24F3N3O/c19-18(20,21)14-5-3-13(4-6-14)11-24-10-7-15(12-24)23-16(25)17(22)8-1-2-9-17/h3-6,15H,1-2,7-12,22H2,(H,23,25). The van der Waals surface area contributed by atoms with Crippen molar-refractivity contribution in [1.29, 1.82) is 0 Å². The summed E-state index contributed by atoms with van der Waals surface area (Å²) in [6.45, 7) is 2.09. The number of alkyl halides is 3. The van der Waals surface area contributed by atoms with E-state index >= 15 is 0 Å². The fourth-order valence-corrected chi connectivity index (χ4v) is 3.71. The van der Waals surface area contributed by atoms with Crippen LogP contribution in [0.4, 0.5) is 13.2 Å². The van der Waals surface area contributed by atoms with Gasteiger partial charge in [0, 0.05) is 25.7 Å². The third-order valence-electron chi connectivity index (χ3n) is 5.24. The van der Waals surface area contributed by atoms with Crippen LogP contribution in [0.1, 0.15) is 43.2 Å². The molecule has 4 nitrogen and oxygen atoms in total. The minimum atomic E-state index is -4.31. The van der Waals surface area contributed by atoms with Gasteiger partial charge in [0.25, 0.3) is 0 Å². The number of nitrogens with zero attached hydrogens (tertiary/aromatic N) is 1. The number of benzene rings is 1. The monoisotopic (exact) mass is 355 g/mol. The molecule has 2 aliphatic rings. The Labute approximate surface area is 145 Å². The zero-order valence-electron chi connectivity index (χ0n) is 14.1. The first-order chi connectivity index (χ1) is 11.8. The second kappa shape index (κ2) is 6.96. The van der Waals surface area contributed by atoms with E-state index in [4.69, 9.17) is 5.73 Å². The number of hydrogen-bond acceptors (Lipinski definition) is 3. The highest BCUT2D eigenvalue weighted by Gasteiger charge is 2.38. The number of carbonyl (C=O) groups excluding carboxylic acids is 1. The molecule has 1 atom stereocenters. The Hall–Kier alpha value is -1.60. The van der Waals surface area contributed by atoms with Gasteiger partial charge in [0.1, 0.15) is 0 Å². The van der Waals surface area contributed by atoms with Gasteiger partial charge in [-0.3, -0.25) is 9.69 Å². The molecule has 3 rings (SSSR count). The average molecular weight is 355 g/mol. The molecule has 0 radical (unpaired) electrons. The second-order valence-corrected chi connectivity index (χ2v) is 7.25. The lowest BCUT2D eigenvalue weighted by Gasteiger charge is -2.25. The van der Waals surface area contributed by atoms with Crippen LogP contribution < -0.4 is 11.1 Å². The van der Waals surface area contributed by atoms with Crippen LogP contribution in [-0.4, -0.2) is 35.5 Å². The number of nitrogens with two attached hydrogens (primary N) is 1. The molecule has 1 saturated heterocycles. The van der Waals surface area contributed by atoms with E-state index in [9.17, 15) is 18.0 Å². The zero-order valence-corrected chi connectivity index (χ0v) is 14.1. The van der Waals surface area contributed by atoms with Crippen LogP contribution in [0.25, 0.3) is 0 Å². The number of nitrogens with one attached hydrogen (secondary N) is 1. The van der Waals surface area contributed by atoms with E-state index in [0.717, 1.165) is 56.3 Å². The highest BCUT2D eigenvalue weighted by molar-refractivity contribution is 5.86. The van der Waals surface area contributed by atoms with Crippen LogP contribution >= 0.6 is 0 Å². The summed E-state index contributed by atoms with van der Waals surface area (Å²) in [5.74, 6) is -0.0635. The fraction of sp³-hybridized carbons (Fsp3) is 0.611. The number of likely N-dealkylation sites (tertiary alicyclic amines) is 1. The Morgan fingerprint density at radius 1 is 1.24 bits per heavy atom. The van der Waals surface area contributed by atoms with Crippen molar-refractivity contribution in [3.63, 3.8) is 0 Å². The molecular weight excluding hydrogens is 331 g/mol. The SMILES string of the molecule is NC1(C(=O)NC2CCN(Cc3ccc(C(F)(F)F)cc3)C2)CCCC1. The number of hydrogen-bond donors (Lipinski definition) is 2. The van der Waals surface area contributed by atoms with Crippen molar-refractivity contribution in [2.75, 3.05) is 13.1 Å². The molecule has 138 valence electrons. The molecule has 3 N–H and O–H groups in total. The quantitative estimate of drug-likeness (QED) is 0.873. The molecule has 7 heteroatoms. The van der Waals surface area contributed by atoms with E-state index in [1.54, 1.807) is 0 Å². The average Bonchev–Trinajstić information content (AvgIpc) is 3.17. The number of halogens is 3. The minimum Gasteiger partial charge on any atom is -0.350 e. The molecule has 0 bridgehead atoms. The molecule has 1 saturated carbocycles. The Balaban J connectivity index is 1.50. The normalized spacial score (nSPS) is 23.8. The lowest BCUT2D eigenvalue weighted by atomic mass is 9.97. The third kappa shape index (κ3) is 4.33. The van der Waals surface area contributed by atoms with Crippen LogP contribution in [0.2, 0.25) is 0 Å². The van der Waals surface area contributed by atoms with Gasteiger partial charge in [0.2, 0.25) is 5.91 Å². The van der Waals surface area contributed by atoms with Gasteiger partial charge in [-0.15, -0.1) is 0 Å². The molecule has 1 amide bonds. The van der Waals surface area contributed by atoms with Crippen molar-refractivity contribution in [3.05, 3.63) is 35.4 Å². The molecule has 1 unspecified atom stereocenters. The first kappa shape index (κ1) is 18.2. The maximum atomic E-state index is 12.6. The van der Waals surface area contributed by atoms with Crippen molar-refractivity contribution in [2.45, 2.75) is 56.4 Å². The van der Waals surface area contributed by atoms with Crippen LogP contribution in [-0.2, 0) is 17.5 Å². The van der Waals surface area contributed by atoms with E-state index in [1.807, 2.05) is 0 Å². The lowest BCUT2D eigenvalue weighted by Crippen LogP contribution is -2.54. The van der Waals surface area contributed by atoms with E-state index in [0.29, 0.717) is 13.1 Å². The maximum Gasteiger partial charge on any atom is 0.416 e. The Morgan fingerprint density at radius 3 is 2.48 bits per heavy atom. The fourth-order valence-electron chi connectivity index (χ4n) is 3.71. The van der Waals surface area contributed by atoms with Gasteiger partial charge in [-0.25, -0.2) is 0 Å². The largest absolute Gasteiger partial charge is 0.416 e. The van der Waals surface area contributed by atoms with Gasteiger partial charge in [-0.1, -0.05) is 25.0 Å². The second-order valence-electron chi connectivity index (χ2n) is 7.25. The Bertz CT molecular complexity index is 609. The van der Waals surface area contributed by atoms with Gasteiger partial charge in [-0.2, -0.15) is 13.2 Å². The summed E-state index contributed by atoms with van der Waals surface area (Å²) >= 11 is 0. The van der Waals surface area contributed by atoms with Crippen LogP contribution in [0.3, 0.4) is 0 Å². The highest BCUT2D eigenvalue weighted by atomic mass is 19.4. The van der Waals surface area contributed by atoms with Crippen molar-refractivity contribution in [2.24, 2.45) is 5.73 Å². The molecule has 1 heterocycles. The minimum absolute atomic E-state index is 0.0583. The number of rotatable bonds is 4. The van der Waals surface area contributed by atoms with Gasteiger partial charge in [0.15, 0.2) is 0 Å². The van der Waals surface area contributed by atoms with E-state index < -0.39 is 17.3 Å². The first-order valence-corrected chi connectivity index (χ1v) is 8.75. The summed E-state index contributed by atoms with van der Waals surface area (Å²) in [5.41, 5.74) is 5.66. The maximum absolute atomic E-state index is 12.6. The summed E-state index contributed by atoms with van der Waals surface area (Å²) in [7, 11) is 0. The van der Waals surface area contributed by atoms with Crippen molar-refractivity contribution in [3.8, 4) is 0 Å². The Kier molecular flexibility index (Phi) is 5.06. The molecule has 25 heavy (non-hydrogen) atoms. The number of amides is 1. The summed E-state index contributed by atoms with van der Waals surface area (Å²) in [6, 6.07) is 5.32. The predicted molar refractivity (Wildman–Crippen MR) is 88.7 cm³/mol. The molecule has 0 spiro atoms. The molecule has 1 aromatic carbocycles. The summed E-state index contributed by atoms with van der Waals surface area (Å²) in [5, 5.41) is 3.05. The van der Waals surface area contributed by atoms with Gasteiger partial charge >= 0.3 is 6.18 Å². The third-order valence-corrected chi connectivity index (χ3v) is 5.24. The molecule has 2 fully saturated rings. The Morgan fingerprint density at radius 2 is 1.88 bits per heavy atom. The van der Waals surface area contributed by atoms with Gasteiger partial charge in [0.05, 0.1) is 11.1 Å². The van der Waals surface area contributed by atoms with Gasteiger partial charge < -0.3 is 11.1 Å². The molecule has 1 aliphatic heterocycles. The van der Waals surface area contributed by atoms with Crippen molar-refractivity contribution < 1.29 is 18.0 Å². The summed E-state index contributed by atoms with van der Waals surface area (Å²) in [4.78, 5) is 14.5. The van der Waals surface area contributed by atoms with Gasteiger partial charge in [-0.05, 0) is 37.0 Å². The van der Waals surface area contributed by atoms with E-state index in [-0.39, 0.29) is 11.9 Å². The van der Waals surface area contributed by atoms with Crippen LogP contribution in [0.5, 0.6) is 0 Å². The molecule has 1 aromatic rings. The molecule has 0 aromatic heterocycles. The molecule has 1 aliphatic carbocycles. The van der Waals surface area contributed by atoms with Crippen molar-refractivity contribution >= 4 is 5.91 Å². The molecular formula is C18H24F3N3O. The summed E-state index contributed by atoms with van der Waals surface area (Å²) in [6.07, 6.45) is -0.00661. The highest BCUT2D eigenvalue weighted by Crippen LogP contribution is 2.30. The van der Waals surface area contributed by atoms with Crippen molar-refractivity contribution in [1.82, 2.24) is 10.2 Å². The van der Waals surface area contributed by atoms with E-state index in [1.165, 1.54) is 12.1 Å². The topological polar surface area (TPSA) is 58.4 Å². The number of carbonyl (C=O) groups is 1. The summed E-state index contributed by atoms with van der Waals surface area (Å²) < 4.78 is 37.8.